The van der Waals surface area contributed by atoms with Crippen LogP contribution < -0.4 is 0 Å². The Labute approximate surface area is 195 Å². The zero-order valence-electron chi connectivity index (χ0n) is 18.0. The Bertz CT molecular complexity index is 1180. The van der Waals surface area contributed by atoms with E-state index in [-0.39, 0.29) is 11.3 Å². The highest BCUT2D eigenvalue weighted by atomic mass is 79.9. The molecule has 1 aromatic heterocycles. The molecule has 4 rings (SSSR count). The lowest BCUT2D eigenvalue weighted by atomic mass is 9.93. The summed E-state index contributed by atoms with van der Waals surface area (Å²) in [5.74, 6) is -1.37. The number of halogens is 1. The second kappa shape index (κ2) is 9.12. The number of aryl methyl sites for hydroxylation is 3. The number of carbonyl (C=O) groups is 2. The fraction of sp³-hybridized carbons (Fsp3) is 0.240. The maximum atomic E-state index is 13.1. The van der Waals surface area contributed by atoms with E-state index in [1.54, 1.807) is 17.4 Å². The molecule has 2 heterocycles. The van der Waals surface area contributed by atoms with Gasteiger partial charge in [0.25, 0.3) is 11.7 Å². The summed E-state index contributed by atoms with van der Waals surface area (Å²) >= 11 is 3.44. The van der Waals surface area contributed by atoms with Crippen molar-refractivity contribution in [3.05, 3.63) is 93.5 Å². The van der Waals surface area contributed by atoms with Crippen LogP contribution in [-0.4, -0.2) is 37.8 Å². The third-order valence-corrected chi connectivity index (χ3v) is 6.28. The van der Waals surface area contributed by atoms with Crippen molar-refractivity contribution in [1.82, 2.24) is 14.5 Å². The lowest BCUT2D eigenvalue weighted by molar-refractivity contribution is -0.139. The summed E-state index contributed by atoms with van der Waals surface area (Å²) in [5.41, 5.74) is 3.29. The Morgan fingerprint density at radius 3 is 2.53 bits per heavy atom. The Morgan fingerprint density at radius 1 is 1.09 bits per heavy atom. The van der Waals surface area contributed by atoms with Crippen LogP contribution in [0.1, 0.15) is 34.7 Å². The number of amides is 1. The number of carbonyl (C=O) groups excluding carboxylic acids is 2. The highest BCUT2D eigenvalue weighted by Gasteiger charge is 2.45. The molecule has 1 atom stereocenters. The van der Waals surface area contributed by atoms with Gasteiger partial charge in [-0.3, -0.25) is 9.59 Å². The topological polar surface area (TPSA) is 75.4 Å². The van der Waals surface area contributed by atoms with Crippen molar-refractivity contribution in [2.75, 3.05) is 6.54 Å². The van der Waals surface area contributed by atoms with Crippen LogP contribution in [0.5, 0.6) is 0 Å². The number of rotatable bonds is 6. The standard InChI is InChI=1S/C25H24BrN3O3/c1-16-4-5-17(2)20(14-16)23(30)21-22(18-6-8-19(26)9-7-18)29(25(32)24(21)31)12-3-11-28-13-10-27-15-28/h4-10,13-15,22,30H,3,11-12H2,1-2H3/b23-21+. The molecule has 3 aromatic rings. The molecule has 6 nitrogen and oxygen atoms in total. The predicted molar refractivity (Wildman–Crippen MR) is 126 cm³/mol. The SMILES string of the molecule is Cc1ccc(C)c(/C(O)=C2\C(=O)C(=O)N(CCCn3ccnc3)C2c2ccc(Br)cc2)c1. The number of aliphatic hydroxyl groups excluding tert-OH is 1. The quantitative estimate of drug-likeness (QED) is 0.304. The van der Waals surface area contributed by atoms with Crippen LogP contribution in [0.2, 0.25) is 0 Å². The summed E-state index contributed by atoms with van der Waals surface area (Å²) in [6, 6.07) is 12.5. The molecule has 0 radical (unpaired) electrons. The van der Waals surface area contributed by atoms with E-state index < -0.39 is 17.7 Å². The number of hydrogen-bond donors (Lipinski definition) is 1. The van der Waals surface area contributed by atoms with Gasteiger partial charge in [-0.25, -0.2) is 4.98 Å². The molecule has 0 spiro atoms. The summed E-state index contributed by atoms with van der Waals surface area (Å²) in [5, 5.41) is 11.3. The van der Waals surface area contributed by atoms with E-state index in [1.807, 2.05) is 67.1 Å². The van der Waals surface area contributed by atoms with Crippen molar-refractivity contribution in [2.45, 2.75) is 32.9 Å². The molecule has 32 heavy (non-hydrogen) atoms. The number of likely N-dealkylation sites (tertiary alicyclic amines) is 1. The number of ketones is 1. The van der Waals surface area contributed by atoms with Gasteiger partial charge in [-0.05, 0) is 49.6 Å². The van der Waals surface area contributed by atoms with Gasteiger partial charge in [0.1, 0.15) is 5.76 Å². The molecule has 1 N–H and O–H groups in total. The third-order valence-electron chi connectivity index (χ3n) is 5.75. The van der Waals surface area contributed by atoms with Gasteiger partial charge in [-0.2, -0.15) is 0 Å². The number of aromatic nitrogens is 2. The van der Waals surface area contributed by atoms with Gasteiger partial charge < -0.3 is 14.6 Å². The fourth-order valence-electron chi connectivity index (χ4n) is 4.08. The largest absolute Gasteiger partial charge is 0.507 e. The van der Waals surface area contributed by atoms with Crippen LogP contribution in [-0.2, 0) is 16.1 Å². The Morgan fingerprint density at radius 2 is 1.84 bits per heavy atom. The number of Topliss-reactive ketones (excluding diaryl/α,β-unsaturated/α-hetero) is 1. The van der Waals surface area contributed by atoms with Crippen LogP contribution in [0.3, 0.4) is 0 Å². The number of aliphatic hydroxyl groups is 1. The van der Waals surface area contributed by atoms with E-state index in [9.17, 15) is 14.7 Å². The summed E-state index contributed by atoms with van der Waals surface area (Å²) in [4.78, 5) is 31.8. The molecule has 1 aliphatic heterocycles. The van der Waals surface area contributed by atoms with E-state index in [4.69, 9.17) is 0 Å². The maximum absolute atomic E-state index is 13.1. The second-order valence-corrected chi connectivity index (χ2v) is 8.93. The number of benzene rings is 2. The molecule has 0 aliphatic carbocycles. The van der Waals surface area contributed by atoms with Crippen LogP contribution in [0.15, 0.2) is 71.2 Å². The molecule has 164 valence electrons. The molecule has 0 saturated carbocycles. The molecule has 1 unspecified atom stereocenters. The summed E-state index contributed by atoms with van der Waals surface area (Å²) in [6.45, 7) is 4.86. The zero-order chi connectivity index (χ0) is 22.8. The number of imidazole rings is 1. The molecular formula is C25H24BrN3O3. The smallest absolute Gasteiger partial charge is 0.295 e. The van der Waals surface area contributed by atoms with Crippen LogP contribution in [0.4, 0.5) is 0 Å². The van der Waals surface area contributed by atoms with Gasteiger partial charge in [0.15, 0.2) is 0 Å². The summed E-state index contributed by atoms with van der Waals surface area (Å²) < 4.78 is 2.83. The van der Waals surface area contributed by atoms with E-state index >= 15 is 0 Å². The third kappa shape index (κ3) is 4.25. The van der Waals surface area contributed by atoms with Gasteiger partial charge in [-0.15, -0.1) is 0 Å². The average molecular weight is 494 g/mol. The Kier molecular flexibility index (Phi) is 6.28. The van der Waals surface area contributed by atoms with Crippen molar-refractivity contribution in [3.63, 3.8) is 0 Å². The minimum absolute atomic E-state index is 0.130. The molecule has 1 saturated heterocycles. The normalized spacial score (nSPS) is 17.8. The van der Waals surface area contributed by atoms with Crippen molar-refractivity contribution in [1.29, 1.82) is 0 Å². The van der Waals surface area contributed by atoms with Crippen molar-refractivity contribution in [3.8, 4) is 0 Å². The minimum Gasteiger partial charge on any atom is -0.507 e. The summed E-state index contributed by atoms with van der Waals surface area (Å²) in [6.07, 6.45) is 5.94. The molecule has 1 fully saturated rings. The monoisotopic (exact) mass is 493 g/mol. The summed E-state index contributed by atoms with van der Waals surface area (Å²) in [7, 11) is 0. The maximum Gasteiger partial charge on any atom is 0.295 e. The minimum atomic E-state index is -0.654. The predicted octanol–water partition coefficient (Wildman–Crippen LogP) is 4.77. The second-order valence-electron chi connectivity index (χ2n) is 8.02. The Hall–Kier alpha value is -3.19. The zero-order valence-corrected chi connectivity index (χ0v) is 19.5. The molecule has 1 amide bonds. The first-order valence-corrected chi connectivity index (χ1v) is 11.2. The van der Waals surface area contributed by atoms with Crippen molar-refractivity contribution in [2.24, 2.45) is 0 Å². The van der Waals surface area contributed by atoms with E-state index in [1.165, 1.54) is 0 Å². The first-order chi connectivity index (χ1) is 15.4. The molecule has 7 heteroatoms. The van der Waals surface area contributed by atoms with Gasteiger partial charge in [0.2, 0.25) is 0 Å². The van der Waals surface area contributed by atoms with Crippen LogP contribution in [0.25, 0.3) is 5.76 Å². The molecule has 1 aliphatic rings. The van der Waals surface area contributed by atoms with Crippen LogP contribution in [0, 0.1) is 13.8 Å². The van der Waals surface area contributed by atoms with Crippen LogP contribution >= 0.6 is 15.9 Å². The fourth-order valence-corrected chi connectivity index (χ4v) is 4.35. The highest BCUT2D eigenvalue weighted by molar-refractivity contribution is 9.10. The first-order valence-electron chi connectivity index (χ1n) is 10.4. The molecular weight excluding hydrogens is 470 g/mol. The number of hydrogen-bond acceptors (Lipinski definition) is 4. The first kappa shape index (κ1) is 22.0. The van der Waals surface area contributed by atoms with E-state index in [0.717, 1.165) is 21.2 Å². The Balaban J connectivity index is 1.76. The molecule has 2 aromatic carbocycles. The lowest BCUT2D eigenvalue weighted by Crippen LogP contribution is -2.31. The van der Waals surface area contributed by atoms with Gasteiger partial charge >= 0.3 is 0 Å². The highest BCUT2D eigenvalue weighted by Crippen LogP contribution is 2.40. The lowest BCUT2D eigenvalue weighted by Gasteiger charge is -2.25. The van der Waals surface area contributed by atoms with E-state index in [2.05, 4.69) is 20.9 Å². The van der Waals surface area contributed by atoms with Crippen molar-refractivity contribution >= 4 is 33.4 Å². The number of nitrogens with zero attached hydrogens (tertiary/aromatic N) is 3. The average Bonchev–Trinajstić information content (AvgIpc) is 3.38. The van der Waals surface area contributed by atoms with Gasteiger partial charge in [-0.1, -0.05) is 45.8 Å². The molecule has 0 bridgehead atoms. The van der Waals surface area contributed by atoms with Gasteiger partial charge in [0, 0.05) is 35.5 Å². The van der Waals surface area contributed by atoms with Gasteiger partial charge in [0.05, 0.1) is 17.9 Å². The van der Waals surface area contributed by atoms with Crippen molar-refractivity contribution < 1.29 is 14.7 Å². The van der Waals surface area contributed by atoms with E-state index in [0.29, 0.717) is 25.1 Å².